The fourth-order valence-electron chi connectivity index (χ4n) is 3.53. The van der Waals surface area contributed by atoms with Crippen LogP contribution < -0.4 is 0 Å². The fraction of sp³-hybridized carbons (Fsp3) is 0.765. The van der Waals surface area contributed by atoms with Gasteiger partial charge in [-0.3, -0.25) is 9.80 Å². The number of nitrogens with zero attached hydrogens (tertiary/aromatic N) is 6. The van der Waals surface area contributed by atoms with Crippen molar-refractivity contribution < 1.29 is 9.05 Å². The average molecular weight is 344 g/mol. The van der Waals surface area contributed by atoms with Crippen molar-refractivity contribution in [1.82, 2.24) is 30.1 Å². The van der Waals surface area contributed by atoms with Gasteiger partial charge in [-0.1, -0.05) is 10.3 Å². The Hall–Kier alpha value is -1.80. The molecule has 3 heterocycles. The van der Waals surface area contributed by atoms with E-state index in [0.29, 0.717) is 17.9 Å². The van der Waals surface area contributed by atoms with Gasteiger partial charge in [0.25, 0.3) is 0 Å². The smallest absolute Gasteiger partial charge is 0.240 e. The van der Waals surface area contributed by atoms with Crippen molar-refractivity contribution in [3.05, 3.63) is 23.4 Å². The van der Waals surface area contributed by atoms with E-state index in [9.17, 15) is 0 Å². The number of rotatable bonds is 7. The lowest BCUT2D eigenvalue weighted by Crippen LogP contribution is -2.34. The minimum atomic E-state index is 0.494. The van der Waals surface area contributed by atoms with Crippen molar-refractivity contribution in [2.24, 2.45) is 0 Å². The van der Waals surface area contributed by atoms with E-state index in [1.54, 1.807) is 0 Å². The molecule has 1 saturated heterocycles. The van der Waals surface area contributed by atoms with Crippen LogP contribution in [0.25, 0.3) is 0 Å². The summed E-state index contributed by atoms with van der Waals surface area (Å²) in [7, 11) is 2.14. The normalized spacial score (nSPS) is 24.5. The summed E-state index contributed by atoms with van der Waals surface area (Å²) in [5.41, 5.74) is 0. The van der Waals surface area contributed by atoms with Gasteiger partial charge in [-0.25, -0.2) is 0 Å². The molecule has 1 unspecified atom stereocenters. The van der Waals surface area contributed by atoms with Crippen molar-refractivity contribution in [2.45, 2.75) is 63.1 Å². The number of aromatic nitrogens is 4. The van der Waals surface area contributed by atoms with Crippen LogP contribution in [-0.4, -0.2) is 56.3 Å². The Balaban J connectivity index is 1.13. The molecule has 2 aromatic rings. The quantitative estimate of drug-likeness (QED) is 0.753. The molecular formula is C17H24N6O2. The molecule has 3 fully saturated rings. The molecule has 0 aromatic carbocycles. The van der Waals surface area contributed by atoms with Gasteiger partial charge in [-0.15, -0.1) is 0 Å². The second kappa shape index (κ2) is 6.17. The first-order valence-corrected chi connectivity index (χ1v) is 9.32. The standard InChI is InChI=1S/C17H24N6O2/c1-22(9-14-18-17(25-20-14)12-4-5-12)13-6-7-23(8-13)10-15-19-16(21-24-15)11-2-3-11/h11-13H,2-10H2,1H3. The third-order valence-electron chi connectivity index (χ3n) is 5.46. The second-order valence-electron chi connectivity index (χ2n) is 7.74. The van der Waals surface area contributed by atoms with Gasteiger partial charge in [0, 0.05) is 31.0 Å². The maximum absolute atomic E-state index is 5.40. The third kappa shape index (κ3) is 3.46. The number of hydrogen-bond acceptors (Lipinski definition) is 8. The highest BCUT2D eigenvalue weighted by Gasteiger charge is 2.32. The van der Waals surface area contributed by atoms with Crippen LogP contribution in [0.2, 0.25) is 0 Å². The molecule has 2 aliphatic carbocycles. The van der Waals surface area contributed by atoms with Crippen LogP contribution in [0.4, 0.5) is 0 Å². The summed E-state index contributed by atoms with van der Waals surface area (Å²) < 4.78 is 10.8. The molecule has 8 heteroatoms. The van der Waals surface area contributed by atoms with Crippen LogP contribution in [0.5, 0.6) is 0 Å². The zero-order valence-electron chi connectivity index (χ0n) is 14.6. The zero-order chi connectivity index (χ0) is 16.8. The summed E-state index contributed by atoms with van der Waals surface area (Å²) in [4.78, 5) is 13.8. The summed E-state index contributed by atoms with van der Waals surface area (Å²) in [6.07, 6.45) is 5.91. The van der Waals surface area contributed by atoms with Gasteiger partial charge in [0.2, 0.25) is 11.8 Å². The molecular weight excluding hydrogens is 320 g/mol. The van der Waals surface area contributed by atoms with E-state index in [1.165, 1.54) is 25.7 Å². The molecule has 25 heavy (non-hydrogen) atoms. The Morgan fingerprint density at radius 3 is 2.68 bits per heavy atom. The Bertz CT molecular complexity index is 735. The molecule has 1 atom stereocenters. The van der Waals surface area contributed by atoms with Gasteiger partial charge >= 0.3 is 0 Å². The molecule has 0 amide bonds. The van der Waals surface area contributed by atoms with Crippen LogP contribution in [0.1, 0.15) is 67.4 Å². The zero-order valence-corrected chi connectivity index (χ0v) is 14.6. The highest BCUT2D eigenvalue weighted by Crippen LogP contribution is 2.39. The van der Waals surface area contributed by atoms with Crippen molar-refractivity contribution in [2.75, 3.05) is 20.1 Å². The van der Waals surface area contributed by atoms with Crippen molar-refractivity contribution in [3.8, 4) is 0 Å². The lowest BCUT2D eigenvalue weighted by molar-refractivity contribution is 0.206. The number of hydrogen-bond donors (Lipinski definition) is 0. The van der Waals surface area contributed by atoms with Gasteiger partial charge in [-0.2, -0.15) is 9.97 Å². The molecule has 5 rings (SSSR count). The molecule has 0 bridgehead atoms. The minimum absolute atomic E-state index is 0.494. The van der Waals surface area contributed by atoms with E-state index < -0.39 is 0 Å². The second-order valence-corrected chi connectivity index (χ2v) is 7.74. The summed E-state index contributed by atoms with van der Waals surface area (Å²) in [5.74, 6) is 4.32. The predicted octanol–water partition coefficient (Wildman–Crippen LogP) is 1.91. The lowest BCUT2D eigenvalue weighted by atomic mass is 10.2. The summed E-state index contributed by atoms with van der Waals surface area (Å²) in [6.45, 7) is 3.54. The van der Waals surface area contributed by atoms with Crippen LogP contribution in [-0.2, 0) is 13.1 Å². The largest absolute Gasteiger partial charge is 0.339 e. The molecule has 0 radical (unpaired) electrons. The fourth-order valence-corrected chi connectivity index (χ4v) is 3.53. The predicted molar refractivity (Wildman–Crippen MR) is 87.7 cm³/mol. The van der Waals surface area contributed by atoms with Crippen LogP contribution in [0.15, 0.2) is 9.05 Å². The van der Waals surface area contributed by atoms with E-state index in [0.717, 1.165) is 56.0 Å². The molecule has 3 aliphatic rings. The Kier molecular flexibility index (Phi) is 3.82. The molecule has 0 N–H and O–H groups in total. The van der Waals surface area contributed by atoms with Crippen LogP contribution >= 0.6 is 0 Å². The van der Waals surface area contributed by atoms with E-state index in [1.807, 2.05) is 0 Å². The van der Waals surface area contributed by atoms with E-state index in [-0.39, 0.29) is 0 Å². The van der Waals surface area contributed by atoms with E-state index in [4.69, 9.17) is 9.05 Å². The highest BCUT2D eigenvalue weighted by atomic mass is 16.5. The molecule has 1 aliphatic heterocycles. The Morgan fingerprint density at radius 2 is 1.88 bits per heavy atom. The number of likely N-dealkylation sites (N-methyl/N-ethyl adjacent to an activating group) is 1. The van der Waals surface area contributed by atoms with E-state index in [2.05, 4.69) is 37.1 Å². The van der Waals surface area contributed by atoms with Crippen LogP contribution in [0.3, 0.4) is 0 Å². The Labute approximate surface area is 146 Å². The molecule has 134 valence electrons. The van der Waals surface area contributed by atoms with Crippen molar-refractivity contribution >= 4 is 0 Å². The Morgan fingerprint density at radius 1 is 1.04 bits per heavy atom. The van der Waals surface area contributed by atoms with Crippen LogP contribution in [0, 0.1) is 0 Å². The average Bonchev–Trinajstić information content (AvgIpc) is 3.50. The molecule has 2 aromatic heterocycles. The first-order chi connectivity index (χ1) is 12.2. The van der Waals surface area contributed by atoms with Gasteiger partial charge in [0.15, 0.2) is 11.6 Å². The topological polar surface area (TPSA) is 84.3 Å². The summed E-state index contributed by atoms with van der Waals surface area (Å²) >= 11 is 0. The SMILES string of the molecule is CN(Cc1noc(C2CC2)n1)C1CCN(Cc2nc(C3CC3)no2)C1. The van der Waals surface area contributed by atoms with Gasteiger partial charge < -0.3 is 9.05 Å². The first kappa shape index (κ1) is 15.5. The lowest BCUT2D eigenvalue weighted by Gasteiger charge is -2.22. The van der Waals surface area contributed by atoms with Gasteiger partial charge in [0.1, 0.15) is 0 Å². The molecule has 8 nitrogen and oxygen atoms in total. The maximum Gasteiger partial charge on any atom is 0.240 e. The highest BCUT2D eigenvalue weighted by molar-refractivity contribution is 5.04. The summed E-state index contributed by atoms with van der Waals surface area (Å²) in [6, 6.07) is 0.494. The van der Waals surface area contributed by atoms with Gasteiger partial charge in [0.05, 0.1) is 13.1 Å². The maximum atomic E-state index is 5.40. The molecule has 0 spiro atoms. The third-order valence-corrected chi connectivity index (χ3v) is 5.46. The van der Waals surface area contributed by atoms with Crippen molar-refractivity contribution in [3.63, 3.8) is 0 Å². The van der Waals surface area contributed by atoms with Crippen molar-refractivity contribution in [1.29, 1.82) is 0 Å². The molecule has 2 saturated carbocycles. The van der Waals surface area contributed by atoms with Gasteiger partial charge in [-0.05, 0) is 39.2 Å². The minimum Gasteiger partial charge on any atom is -0.339 e. The monoisotopic (exact) mass is 344 g/mol. The number of likely N-dealkylation sites (tertiary alicyclic amines) is 1. The summed E-state index contributed by atoms with van der Waals surface area (Å²) in [5, 5.41) is 8.23. The van der Waals surface area contributed by atoms with E-state index >= 15 is 0 Å². The first-order valence-electron chi connectivity index (χ1n) is 9.32.